The summed E-state index contributed by atoms with van der Waals surface area (Å²) in [5.41, 5.74) is 3.58. The number of alkyl carbamates (subject to hydrolysis) is 1. The quantitative estimate of drug-likeness (QED) is 0.798. The molecule has 1 fully saturated rings. The van der Waals surface area contributed by atoms with Crippen molar-refractivity contribution in [3.63, 3.8) is 0 Å². The van der Waals surface area contributed by atoms with Gasteiger partial charge in [-0.2, -0.15) is 0 Å². The number of carbonyl (C=O) groups is 2. The molecule has 2 aromatic rings. The van der Waals surface area contributed by atoms with Crippen molar-refractivity contribution in [3.05, 3.63) is 59.7 Å². The van der Waals surface area contributed by atoms with Crippen LogP contribution in [-0.4, -0.2) is 44.4 Å². The highest BCUT2D eigenvalue weighted by atomic mass is 16.6. The first-order valence-electron chi connectivity index (χ1n) is 9.57. The lowest BCUT2D eigenvalue weighted by molar-refractivity contribution is -0.149. The third-order valence-electron chi connectivity index (χ3n) is 5.65. The zero-order chi connectivity index (χ0) is 19.6. The summed E-state index contributed by atoms with van der Waals surface area (Å²) in [5.74, 6) is -0.468. The molecule has 1 aliphatic carbocycles. The summed E-state index contributed by atoms with van der Waals surface area (Å²) in [4.78, 5) is 24.8. The smallest absolute Gasteiger partial charge is 0.408 e. The van der Waals surface area contributed by atoms with Gasteiger partial charge >= 0.3 is 12.1 Å². The summed E-state index contributed by atoms with van der Waals surface area (Å²) in [5, 5.41) is 5.91. The Morgan fingerprint density at radius 1 is 1.11 bits per heavy atom. The molecule has 0 spiro atoms. The van der Waals surface area contributed by atoms with Crippen molar-refractivity contribution in [2.24, 2.45) is 0 Å². The highest BCUT2D eigenvalue weighted by Gasteiger charge is 2.43. The van der Waals surface area contributed by atoms with E-state index >= 15 is 0 Å². The van der Waals surface area contributed by atoms with Gasteiger partial charge in [0, 0.05) is 12.5 Å². The van der Waals surface area contributed by atoms with Crippen molar-refractivity contribution in [1.29, 1.82) is 0 Å². The lowest BCUT2D eigenvalue weighted by atomic mass is 9.90. The Labute approximate surface area is 164 Å². The van der Waals surface area contributed by atoms with E-state index in [0.717, 1.165) is 24.1 Å². The van der Waals surface area contributed by atoms with Crippen molar-refractivity contribution in [2.75, 3.05) is 26.8 Å². The fraction of sp³-hybridized carbons (Fsp3) is 0.364. The molecule has 0 radical (unpaired) electrons. The van der Waals surface area contributed by atoms with E-state index in [2.05, 4.69) is 34.9 Å². The van der Waals surface area contributed by atoms with Crippen LogP contribution in [0.1, 0.15) is 29.9 Å². The minimum Gasteiger partial charge on any atom is -0.467 e. The molecule has 0 aromatic heterocycles. The maximum atomic E-state index is 12.5. The molecule has 1 atom stereocenters. The van der Waals surface area contributed by atoms with Crippen molar-refractivity contribution in [2.45, 2.75) is 24.3 Å². The molecule has 0 bridgehead atoms. The Balaban J connectivity index is 1.48. The molecule has 2 N–H and O–H groups in total. The number of esters is 1. The number of ether oxygens (including phenoxy) is 2. The molecule has 1 unspecified atom stereocenters. The fourth-order valence-electron chi connectivity index (χ4n) is 4.26. The van der Waals surface area contributed by atoms with Crippen LogP contribution in [0, 0.1) is 0 Å². The number of amides is 1. The predicted molar refractivity (Wildman–Crippen MR) is 105 cm³/mol. The molecule has 146 valence electrons. The highest BCUT2D eigenvalue weighted by molar-refractivity contribution is 5.86. The number of piperidine rings is 1. The third-order valence-corrected chi connectivity index (χ3v) is 5.65. The van der Waals surface area contributed by atoms with Gasteiger partial charge in [0.05, 0.1) is 7.11 Å². The molecule has 4 rings (SSSR count). The SMILES string of the molecule is COC(=O)C1(NC(=O)OCC2c3ccccc3-c3ccccc32)CCCNC1. The van der Waals surface area contributed by atoms with E-state index in [9.17, 15) is 9.59 Å². The Morgan fingerprint density at radius 2 is 1.75 bits per heavy atom. The first-order valence-corrected chi connectivity index (χ1v) is 9.57. The predicted octanol–water partition coefficient (Wildman–Crippen LogP) is 2.82. The number of hydrogen-bond donors (Lipinski definition) is 2. The Hall–Kier alpha value is -2.86. The molecule has 0 saturated carbocycles. The van der Waals surface area contributed by atoms with Gasteiger partial charge in [-0.3, -0.25) is 0 Å². The molecule has 6 heteroatoms. The second-order valence-electron chi connectivity index (χ2n) is 7.30. The zero-order valence-electron chi connectivity index (χ0n) is 15.9. The summed E-state index contributed by atoms with van der Waals surface area (Å²) in [7, 11) is 1.33. The molecular weight excluding hydrogens is 356 g/mol. The number of fused-ring (bicyclic) bond motifs is 3. The largest absolute Gasteiger partial charge is 0.467 e. The van der Waals surface area contributed by atoms with Crippen molar-refractivity contribution >= 4 is 12.1 Å². The van der Waals surface area contributed by atoms with Crippen LogP contribution in [0.2, 0.25) is 0 Å². The van der Waals surface area contributed by atoms with Crippen LogP contribution in [0.15, 0.2) is 48.5 Å². The average molecular weight is 380 g/mol. The summed E-state index contributed by atoms with van der Waals surface area (Å²) in [6, 6.07) is 16.4. The number of methoxy groups -OCH3 is 1. The van der Waals surface area contributed by atoms with Gasteiger partial charge in [-0.05, 0) is 41.6 Å². The number of hydrogen-bond acceptors (Lipinski definition) is 5. The van der Waals surface area contributed by atoms with Gasteiger partial charge in [-0.15, -0.1) is 0 Å². The summed E-state index contributed by atoms with van der Waals surface area (Å²) >= 11 is 0. The van der Waals surface area contributed by atoms with Crippen molar-refractivity contribution in [1.82, 2.24) is 10.6 Å². The minimum atomic E-state index is -1.07. The van der Waals surface area contributed by atoms with E-state index in [1.54, 1.807) is 0 Å². The van der Waals surface area contributed by atoms with Gasteiger partial charge in [0.1, 0.15) is 6.61 Å². The summed E-state index contributed by atoms with van der Waals surface area (Å²) in [6.45, 7) is 1.36. The number of rotatable bonds is 4. The fourth-order valence-corrected chi connectivity index (χ4v) is 4.26. The lowest BCUT2D eigenvalue weighted by Crippen LogP contribution is -2.63. The van der Waals surface area contributed by atoms with Crippen LogP contribution >= 0.6 is 0 Å². The molecule has 1 amide bonds. The second kappa shape index (κ2) is 7.64. The standard InChI is InChI=1S/C22H24N2O4/c1-27-20(25)22(11-6-12-23-14-22)24-21(26)28-13-19-17-9-4-2-7-15(17)16-8-3-5-10-18(16)19/h2-5,7-10,19,23H,6,11-14H2,1H3,(H,24,26). The maximum absolute atomic E-state index is 12.5. The van der Waals surface area contributed by atoms with Gasteiger partial charge in [0.15, 0.2) is 5.54 Å². The average Bonchev–Trinajstić information content (AvgIpc) is 3.06. The number of benzene rings is 2. The maximum Gasteiger partial charge on any atom is 0.408 e. The molecule has 1 aliphatic heterocycles. The van der Waals surface area contributed by atoms with Crippen LogP contribution in [0.5, 0.6) is 0 Å². The highest BCUT2D eigenvalue weighted by Crippen LogP contribution is 2.44. The first kappa shape index (κ1) is 18.5. The van der Waals surface area contributed by atoms with E-state index < -0.39 is 17.6 Å². The molecule has 6 nitrogen and oxygen atoms in total. The second-order valence-corrected chi connectivity index (χ2v) is 7.30. The van der Waals surface area contributed by atoms with E-state index in [4.69, 9.17) is 9.47 Å². The van der Waals surface area contributed by atoms with Gasteiger partial charge in [0.25, 0.3) is 0 Å². The van der Waals surface area contributed by atoms with Gasteiger partial charge in [0.2, 0.25) is 0 Å². The summed E-state index contributed by atoms with van der Waals surface area (Å²) < 4.78 is 10.5. The monoisotopic (exact) mass is 380 g/mol. The van der Waals surface area contributed by atoms with Crippen molar-refractivity contribution in [3.8, 4) is 11.1 Å². The van der Waals surface area contributed by atoms with E-state index in [-0.39, 0.29) is 12.5 Å². The normalized spacial score (nSPS) is 20.8. The Morgan fingerprint density at radius 3 is 2.32 bits per heavy atom. The number of carbonyl (C=O) groups excluding carboxylic acids is 2. The molecule has 2 aliphatic rings. The minimum absolute atomic E-state index is 0.0169. The molecular formula is C22H24N2O4. The lowest BCUT2D eigenvalue weighted by Gasteiger charge is -2.35. The van der Waals surface area contributed by atoms with Gasteiger partial charge < -0.3 is 20.1 Å². The van der Waals surface area contributed by atoms with E-state index in [0.29, 0.717) is 13.0 Å². The van der Waals surface area contributed by atoms with Crippen LogP contribution in [0.25, 0.3) is 11.1 Å². The topological polar surface area (TPSA) is 76.7 Å². The van der Waals surface area contributed by atoms with Crippen LogP contribution < -0.4 is 10.6 Å². The van der Waals surface area contributed by atoms with Crippen LogP contribution in [0.4, 0.5) is 4.79 Å². The van der Waals surface area contributed by atoms with Gasteiger partial charge in [-0.25, -0.2) is 9.59 Å². The van der Waals surface area contributed by atoms with Crippen LogP contribution in [0.3, 0.4) is 0 Å². The molecule has 2 aromatic carbocycles. The summed E-state index contributed by atoms with van der Waals surface area (Å²) in [6.07, 6.45) is 0.700. The molecule has 1 saturated heterocycles. The van der Waals surface area contributed by atoms with E-state index in [1.807, 2.05) is 24.3 Å². The number of nitrogens with one attached hydrogen (secondary N) is 2. The third kappa shape index (κ3) is 3.24. The first-order chi connectivity index (χ1) is 13.6. The zero-order valence-corrected chi connectivity index (χ0v) is 15.9. The Bertz CT molecular complexity index is 844. The van der Waals surface area contributed by atoms with Crippen LogP contribution in [-0.2, 0) is 14.3 Å². The molecule has 1 heterocycles. The van der Waals surface area contributed by atoms with Gasteiger partial charge in [-0.1, -0.05) is 48.5 Å². The van der Waals surface area contributed by atoms with Crippen molar-refractivity contribution < 1.29 is 19.1 Å². The van der Waals surface area contributed by atoms with E-state index in [1.165, 1.54) is 18.2 Å². The molecule has 28 heavy (non-hydrogen) atoms. The Kier molecular flexibility index (Phi) is 5.05.